The number of nitrogen functional groups attached to an aromatic ring is 1. The van der Waals surface area contributed by atoms with Crippen molar-refractivity contribution < 1.29 is 91.7 Å². The first kappa shape index (κ1) is 112. The zero-order valence-electron chi connectivity index (χ0n) is 84.7. The van der Waals surface area contributed by atoms with Crippen molar-refractivity contribution in [1.82, 2.24) is 0 Å². The predicted octanol–water partition coefficient (Wildman–Crippen LogP) is 22.3. The fourth-order valence-electron chi connectivity index (χ4n) is 16.4. The fourth-order valence-corrected chi connectivity index (χ4v) is 18.5. The van der Waals surface area contributed by atoms with Crippen LogP contribution in [0.4, 0.5) is 45.5 Å². The molecule has 746 valence electrons. The Balaban J connectivity index is 0.000000213. The van der Waals surface area contributed by atoms with Gasteiger partial charge in [0.1, 0.15) is 0 Å². The number of anilines is 8. The van der Waals surface area contributed by atoms with Crippen LogP contribution < -0.4 is 41.7 Å². The second-order valence-electron chi connectivity index (χ2n) is 37.1. The number of aromatic carboxylic acids is 2. The number of nitrogens with one attached hydrogen (secondary N) is 4. The third-order valence-corrected chi connectivity index (χ3v) is 31.6. The van der Waals surface area contributed by atoms with E-state index in [9.17, 15) is 63.3 Å². The van der Waals surface area contributed by atoms with Crippen LogP contribution in [0.3, 0.4) is 0 Å². The number of hydrogen-bond donors (Lipinski definition) is 9. The van der Waals surface area contributed by atoms with Gasteiger partial charge >= 0.3 is 35.8 Å². The van der Waals surface area contributed by atoms with Gasteiger partial charge in [-0.05, 0) is 335 Å². The molecule has 3 unspecified atom stereocenters. The lowest BCUT2D eigenvalue weighted by atomic mass is 10.0. The lowest BCUT2D eigenvalue weighted by Crippen LogP contribution is -2.49. The number of nitrogens with zero attached hydrogens (tertiary/aromatic N) is 3. The number of halogens is 2. The van der Waals surface area contributed by atoms with E-state index in [0.717, 1.165) is 152 Å². The van der Waals surface area contributed by atoms with Gasteiger partial charge < -0.3 is 85.5 Å². The minimum atomic E-state index is -1.85. The van der Waals surface area contributed by atoms with Crippen molar-refractivity contribution in [2.24, 2.45) is 0 Å². The van der Waals surface area contributed by atoms with Crippen LogP contribution in [-0.4, -0.2) is 174 Å². The van der Waals surface area contributed by atoms with E-state index in [-0.39, 0.29) is 58.5 Å². The number of methoxy groups -OCH3 is 4. The van der Waals surface area contributed by atoms with Crippen molar-refractivity contribution in [2.75, 3.05) is 109 Å². The normalized spacial score (nSPS) is 14.4. The highest BCUT2D eigenvalue weighted by Crippen LogP contribution is 2.40. The Bertz CT molecular complexity index is 6290. The Kier molecular flexibility index (Phi) is 40.4. The minimum absolute atomic E-state index is 0.172. The lowest BCUT2D eigenvalue weighted by molar-refractivity contribution is 0.0591. The summed E-state index contributed by atoms with van der Waals surface area (Å²) in [5.74, 6) is -4.41. The zero-order valence-corrected chi connectivity index (χ0v) is 88.9. The van der Waals surface area contributed by atoms with Gasteiger partial charge in [-0.1, -0.05) is 113 Å². The number of carbonyl (C=O) groups is 10. The van der Waals surface area contributed by atoms with Gasteiger partial charge in [-0.15, -0.1) is 0 Å². The van der Waals surface area contributed by atoms with E-state index in [1.807, 2.05) is 155 Å². The van der Waals surface area contributed by atoms with Gasteiger partial charge in [-0.3, -0.25) is 19.2 Å². The molecule has 3 saturated heterocycles. The first-order valence-electron chi connectivity index (χ1n) is 46.3. The second-order valence-corrected chi connectivity index (χ2v) is 43.7. The summed E-state index contributed by atoms with van der Waals surface area (Å²) in [5.41, 5.74) is 28.5. The highest BCUT2D eigenvalue weighted by atomic mass is 79.9. The number of hydrogen-bond acceptors (Lipinski definition) is 21. The quantitative estimate of drug-likeness (QED) is 0.0157. The van der Waals surface area contributed by atoms with E-state index in [2.05, 4.69) is 112 Å². The first-order valence-corrected chi connectivity index (χ1v) is 50.8. The molecule has 4 amide bonds. The third-order valence-electron chi connectivity index (χ3n) is 26.0. The number of β-amino-alcohol motifs (C(OH)–C–C–N with tert-alkyl or cyclic N) is 2. The summed E-state index contributed by atoms with van der Waals surface area (Å²) in [6.45, 7) is 43.8. The Labute approximate surface area is 840 Å². The van der Waals surface area contributed by atoms with Crippen molar-refractivity contribution in [1.29, 1.82) is 0 Å². The largest absolute Gasteiger partial charge is 0.478 e. The molecule has 140 heavy (non-hydrogen) atoms. The molecule has 0 spiro atoms. The van der Waals surface area contributed by atoms with Crippen LogP contribution in [0.25, 0.3) is 0 Å². The van der Waals surface area contributed by atoms with Crippen molar-refractivity contribution >= 4 is 145 Å². The van der Waals surface area contributed by atoms with Crippen LogP contribution in [0.15, 0.2) is 161 Å². The minimum Gasteiger partial charge on any atom is -0.478 e. The van der Waals surface area contributed by atoms with Crippen LogP contribution in [0.2, 0.25) is 18.1 Å². The number of rotatable bonds is 19. The fraction of sp³-hybridized carbons (Fsp3) is 0.364. The molecule has 3 atom stereocenters. The number of piperidine rings is 3. The number of aryl methyl sites for hydroxylation is 10. The van der Waals surface area contributed by atoms with Gasteiger partial charge in [-0.25, -0.2) is 28.8 Å². The highest BCUT2D eigenvalue weighted by molar-refractivity contribution is 9.10. The topological polar surface area (TPSA) is 382 Å². The molecule has 3 fully saturated rings. The summed E-state index contributed by atoms with van der Waals surface area (Å²) >= 11 is 6.58. The molecule has 3 aliphatic rings. The maximum Gasteiger partial charge on any atom is 0.338 e. The van der Waals surface area contributed by atoms with E-state index in [1.54, 1.807) is 94.4 Å². The summed E-state index contributed by atoms with van der Waals surface area (Å²) in [7, 11) is 3.54. The van der Waals surface area contributed by atoms with Crippen LogP contribution >= 0.6 is 31.9 Å². The standard InChI is InChI=1S/C29H42N2O4Si.C23H28N2O4.C22H26N2O4.C18H18BrNO3.C10H13NO2.C8H7BrO2/c1-19-12-14-22(31-16-10-11-23(18-31)35-36(8,9)29(4,5)6)17-25(19)27(32)30-26-20(2)13-15-24(21(26)3)28(33)34-7;1-14-7-9-17(25-11-5-6-18(26)13-25)12-20(14)22(27)24-21-15(2)8-10-19(16(21)3)23(28)29-4;1-13-6-8-16(24-10-4-5-17(25)12-24)11-19(13)21(26)23-20-14(2)7-9-18(15(20)3)22(27)28;1-10-5-7-13(19)9-15(10)17(21)20-16-11(2)6-8-14(12(16)3)18(22)23-4;1-6-4-5-8(10(12)13-3)7(2)9(6)11;1-5-2-3-6(9)4-7(5)8(10)11/h12-15,17,23H,10-11,16,18H2,1-9H3,(H,30,32);7-10,12,18,26H,5-6,11,13H2,1-4H3,(H,24,27);6-9,11,17,25H,4-5,10,12H2,1-3H3,(H,23,26)(H,27,28);5-9H,1-4H3,(H,20,21);4-5H,11H2,1-3H3;2-4H,1H3,(H,10,11). The smallest absolute Gasteiger partial charge is 0.338 e. The van der Waals surface area contributed by atoms with Gasteiger partial charge in [0.2, 0.25) is 0 Å². The SMILES string of the molecule is COC(=O)c1ccc(C)c(N)c1C.COC(=O)c1ccc(C)c(NC(=O)c2cc(Br)ccc2C)c1C.COC(=O)c1ccc(C)c(NC(=O)c2cc(N3CCCC(O)C3)ccc2C)c1C.COC(=O)c1ccc(C)c(NC(=O)c2cc(N3CCCC(O[Si](C)(C)C(C)(C)C)C3)ccc2C)c1C.Cc1ccc(Br)cc1C(=O)O.Cc1ccc(N2CCCC(O)C2)cc1C(=O)Nc1c(C)ccc(C(=O)O)c1C. The molecule has 3 aliphatic heterocycles. The van der Waals surface area contributed by atoms with Crippen molar-refractivity contribution in [3.63, 3.8) is 0 Å². The summed E-state index contributed by atoms with van der Waals surface area (Å²) < 4.78 is 27.5. The van der Waals surface area contributed by atoms with Gasteiger partial charge in [0.25, 0.3) is 23.6 Å². The number of carboxylic acid groups (broad SMARTS) is 2. The van der Waals surface area contributed by atoms with E-state index < -0.39 is 38.2 Å². The Morgan fingerprint density at radius 1 is 0.343 bits per heavy atom. The van der Waals surface area contributed by atoms with Crippen molar-refractivity contribution in [3.05, 3.63) is 300 Å². The molecule has 10 N–H and O–H groups in total. The van der Waals surface area contributed by atoms with Crippen LogP contribution in [0, 0.1) is 104 Å². The van der Waals surface area contributed by atoms with Crippen LogP contribution in [0.5, 0.6) is 0 Å². The lowest BCUT2D eigenvalue weighted by Gasteiger charge is -2.43. The molecular formula is C110H134Br2N8O19Si. The molecule has 0 radical (unpaired) electrons. The second kappa shape index (κ2) is 50.3. The van der Waals surface area contributed by atoms with E-state index >= 15 is 0 Å². The number of aliphatic hydroxyl groups is 2. The average Bonchev–Trinajstić information content (AvgIpc) is 0.801. The molecule has 10 aromatic carbocycles. The summed E-state index contributed by atoms with van der Waals surface area (Å²) in [6, 6.07) is 45.7. The van der Waals surface area contributed by atoms with Gasteiger partial charge in [0, 0.05) is 116 Å². The van der Waals surface area contributed by atoms with Crippen LogP contribution in [0.1, 0.15) is 246 Å². The average molecular weight is 2060 g/mol. The van der Waals surface area contributed by atoms with E-state index in [1.165, 1.54) is 28.4 Å². The van der Waals surface area contributed by atoms with E-state index in [4.69, 9.17) is 29.5 Å². The number of nitrogens with two attached hydrogens (primary N) is 1. The summed E-state index contributed by atoms with van der Waals surface area (Å²) in [4.78, 5) is 128. The Morgan fingerprint density at radius 3 is 0.900 bits per heavy atom. The van der Waals surface area contributed by atoms with Crippen LogP contribution in [-0.2, 0) is 23.4 Å². The number of carboxylic acids is 2. The van der Waals surface area contributed by atoms with Crippen molar-refractivity contribution in [3.8, 4) is 0 Å². The molecule has 10 aromatic rings. The molecule has 0 aromatic heterocycles. The summed E-state index contributed by atoms with van der Waals surface area (Å²) in [5, 5.41) is 49.9. The maximum absolute atomic E-state index is 13.4. The van der Waals surface area contributed by atoms with Crippen molar-refractivity contribution in [2.45, 2.75) is 200 Å². The van der Waals surface area contributed by atoms with Gasteiger partial charge in [0.15, 0.2) is 8.32 Å². The number of ether oxygens (including phenoxy) is 4. The molecule has 3 heterocycles. The number of carbonyl (C=O) groups excluding carboxylic acids is 8. The maximum atomic E-state index is 13.4. The zero-order chi connectivity index (χ0) is 104. The monoisotopic (exact) mass is 2060 g/mol. The Hall–Kier alpha value is -12.8. The number of benzene rings is 10. The molecule has 0 bridgehead atoms. The highest BCUT2D eigenvalue weighted by Gasteiger charge is 2.40. The molecular weight excluding hydrogens is 1930 g/mol. The summed E-state index contributed by atoms with van der Waals surface area (Å²) in [6.07, 6.45) is 5.09. The molecule has 30 heteroatoms. The third kappa shape index (κ3) is 29.2. The molecule has 0 saturated carbocycles. The first-order chi connectivity index (χ1) is 65.9. The van der Waals surface area contributed by atoms with Gasteiger partial charge in [0.05, 0.1) is 80.1 Å². The Morgan fingerprint density at radius 2 is 0.600 bits per heavy atom. The number of esters is 4. The molecule has 27 nitrogen and oxygen atoms in total. The van der Waals surface area contributed by atoms with Gasteiger partial charge in [-0.2, -0.15) is 0 Å². The molecule has 0 aliphatic carbocycles. The van der Waals surface area contributed by atoms with E-state index in [0.29, 0.717) is 114 Å². The predicted molar refractivity (Wildman–Crippen MR) is 565 cm³/mol. The number of aliphatic hydroxyl groups excluding tert-OH is 2. The number of amides is 4. The molecule has 13 rings (SSSR count).